The zero-order valence-electron chi connectivity index (χ0n) is 10.0. The van der Waals surface area contributed by atoms with Gasteiger partial charge in [-0.15, -0.1) is 0 Å². The zero-order valence-corrected chi connectivity index (χ0v) is 10.8. The molecule has 0 spiro atoms. The molecule has 0 aliphatic heterocycles. The van der Waals surface area contributed by atoms with Gasteiger partial charge in [-0.05, 0) is 23.7 Å². The van der Waals surface area contributed by atoms with Crippen molar-refractivity contribution in [2.45, 2.75) is 6.04 Å². The second kappa shape index (κ2) is 5.01. The number of furan rings is 1. The molecule has 19 heavy (non-hydrogen) atoms. The second-order valence-corrected chi connectivity index (χ2v) is 4.51. The van der Waals surface area contributed by atoms with Gasteiger partial charge in [-0.1, -0.05) is 24.3 Å². The number of hydrazine groups is 1. The highest BCUT2D eigenvalue weighted by atomic mass is 35.5. The molecule has 5 heteroatoms. The van der Waals surface area contributed by atoms with Crippen molar-refractivity contribution in [1.29, 1.82) is 0 Å². The minimum atomic E-state index is -0.259. The van der Waals surface area contributed by atoms with Gasteiger partial charge in [0.05, 0.1) is 17.8 Å². The normalized spacial score (nSPS) is 12.7. The van der Waals surface area contributed by atoms with Crippen molar-refractivity contribution < 1.29 is 4.42 Å². The average molecular weight is 274 g/mol. The lowest BCUT2D eigenvalue weighted by molar-refractivity contribution is 0.556. The van der Waals surface area contributed by atoms with Gasteiger partial charge in [-0.25, -0.2) is 5.43 Å². The topological polar surface area (TPSA) is 64.1 Å². The van der Waals surface area contributed by atoms with Crippen LogP contribution < -0.4 is 11.3 Å². The Kier molecular flexibility index (Phi) is 3.21. The number of para-hydroxylation sites is 1. The summed E-state index contributed by atoms with van der Waals surface area (Å²) in [5.74, 6) is 5.68. The maximum absolute atomic E-state index is 6.03. The van der Waals surface area contributed by atoms with Gasteiger partial charge in [0, 0.05) is 22.7 Å². The van der Waals surface area contributed by atoms with E-state index in [1.165, 1.54) is 0 Å². The first-order chi connectivity index (χ1) is 9.31. The number of nitrogens with one attached hydrogen (secondary N) is 1. The first kappa shape index (κ1) is 12.2. The van der Waals surface area contributed by atoms with E-state index >= 15 is 0 Å². The number of rotatable bonds is 3. The molecule has 0 aliphatic rings. The van der Waals surface area contributed by atoms with Crippen LogP contribution in [0.3, 0.4) is 0 Å². The molecule has 3 aromatic rings. The molecule has 0 saturated carbocycles. The smallest absolute Gasteiger partial charge is 0.198 e. The van der Waals surface area contributed by atoms with Crippen molar-refractivity contribution in [3.05, 3.63) is 65.2 Å². The summed E-state index contributed by atoms with van der Waals surface area (Å²) >= 11 is 6.03. The number of nitrogens with two attached hydrogens (primary N) is 1. The molecule has 96 valence electrons. The lowest BCUT2D eigenvalue weighted by Crippen LogP contribution is -2.29. The summed E-state index contributed by atoms with van der Waals surface area (Å²) in [6, 6.07) is 11.4. The van der Waals surface area contributed by atoms with Crippen molar-refractivity contribution >= 4 is 22.5 Å². The van der Waals surface area contributed by atoms with E-state index < -0.39 is 0 Å². The fraction of sp³-hybridized carbons (Fsp3) is 0.0714. The van der Waals surface area contributed by atoms with Gasteiger partial charge >= 0.3 is 0 Å². The van der Waals surface area contributed by atoms with E-state index in [1.54, 1.807) is 18.5 Å². The molecule has 1 aromatic carbocycles. The van der Waals surface area contributed by atoms with Gasteiger partial charge in [0.15, 0.2) is 5.22 Å². The molecule has 2 heterocycles. The van der Waals surface area contributed by atoms with Crippen molar-refractivity contribution in [3.63, 3.8) is 0 Å². The predicted molar refractivity (Wildman–Crippen MR) is 74.6 cm³/mol. The van der Waals surface area contributed by atoms with Crippen LogP contribution in [0.1, 0.15) is 17.2 Å². The molecule has 3 rings (SSSR count). The number of nitrogens with zero attached hydrogens (tertiary/aromatic N) is 1. The molecule has 0 radical (unpaired) electrons. The molecule has 0 saturated heterocycles. The average Bonchev–Trinajstić information content (AvgIpc) is 2.86. The maximum atomic E-state index is 6.03. The third-order valence-corrected chi connectivity index (χ3v) is 3.41. The molecular weight excluding hydrogens is 262 g/mol. The Balaban J connectivity index is 2.20. The minimum absolute atomic E-state index is 0.259. The standard InChI is InChI=1S/C14H12ClN3O/c15-14-11(6-8-19-14)13(18-16)10-5-1-3-9-4-2-7-17-12(9)10/h1-8,13,18H,16H2. The monoisotopic (exact) mass is 273 g/mol. The molecular formula is C14H12ClN3O. The van der Waals surface area contributed by atoms with E-state index in [2.05, 4.69) is 10.4 Å². The fourth-order valence-corrected chi connectivity index (χ4v) is 2.44. The number of hydrogen-bond donors (Lipinski definition) is 2. The summed E-state index contributed by atoms with van der Waals surface area (Å²) in [4.78, 5) is 4.42. The van der Waals surface area contributed by atoms with Crippen LogP contribution in [-0.4, -0.2) is 4.98 Å². The van der Waals surface area contributed by atoms with Crippen LogP contribution in [0.5, 0.6) is 0 Å². The van der Waals surface area contributed by atoms with Gasteiger partial charge < -0.3 is 4.42 Å². The Morgan fingerprint density at radius 1 is 1.16 bits per heavy atom. The zero-order chi connectivity index (χ0) is 13.2. The Morgan fingerprint density at radius 3 is 2.74 bits per heavy atom. The van der Waals surface area contributed by atoms with Crippen LogP contribution in [0.25, 0.3) is 10.9 Å². The third-order valence-electron chi connectivity index (χ3n) is 3.10. The summed E-state index contributed by atoms with van der Waals surface area (Å²) in [5.41, 5.74) is 5.42. The molecule has 1 unspecified atom stereocenters. The molecule has 3 N–H and O–H groups in total. The largest absolute Gasteiger partial charge is 0.453 e. The van der Waals surface area contributed by atoms with E-state index in [4.69, 9.17) is 21.9 Å². The summed E-state index contributed by atoms with van der Waals surface area (Å²) in [5, 5.41) is 1.38. The third kappa shape index (κ3) is 2.10. The Hall–Kier alpha value is -1.88. The quantitative estimate of drug-likeness (QED) is 0.569. The van der Waals surface area contributed by atoms with Crippen molar-refractivity contribution in [3.8, 4) is 0 Å². The van der Waals surface area contributed by atoms with Gasteiger partial charge in [0.1, 0.15) is 0 Å². The van der Waals surface area contributed by atoms with Crippen LogP contribution in [0.2, 0.25) is 5.22 Å². The lowest BCUT2D eigenvalue weighted by atomic mass is 9.99. The molecule has 4 nitrogen and oxygen atoms in total. The van der Waals surface area contributed by atoms with Crippen LogP contribution in [-0.2, 0) is 0 Å². The summed E-state index contributed by atoms with van der Waals surface area (Å²) in [6.07, 6.45) is 3.30. The summed E-state index contributed by atoms with van der Waals surface area (Å²) in [6.45, 7) is 0. The van der Waals surface area contributed by atoms with E-state index in [1.807, 2.05) is 30.3 Å². The lowest BCUT2D eigenvalue weighted by Gasteiger charge is -2.16. The molecule has 0 amide bonds. The van der Waals surface area contributed by atoms with Crippen molar-refractivity contribution in [2.24, 2.45) is 5.84 Å². The van der Waals surface area contributed by atoms with Gasteiger partial charge in [-0.3, -0.25) is 10.8 Å². The van der Waals surface area contributed by atoms with Crippen LogP contribution in [0.15, 0.2) is 53.3 Å². The number of fused-ring (bicyclic) bond motifs is 1. The van der Waals surface area contributed by atoms with E-state index in [0.717, 1.165) is 22.0 Å². The highest BCUT2D eigenvalue weighted by Crippen LogP contribution is 2.31. The number of pyridine rings is 1. The van der Waals surface area contributed by atoms with Gasteiger partial charge in [0.25, 0.3) is 0 Å². The number of hydrogen-bond acceptors (Lipinski definition) is 4. The Bertz CT molecular complexity index is 705. The number of halogens is 1. The highest BCUT2D eigenvalue weighted by molar-refractivity contribution is 6.29. The molecule has 2 aromatic heterocycles. The van der Waals surface area contributed by atoms with E-state index in [9.17, 15) is 0 Å². The first-order valence-corrected chi connectivity index (χ1v) is 6.21. The molecule has 1 atom stereocenters. The maximum Gasteiger partial charge on any atom is 0.198 e. The Morgan fingerprint density at radius 2 is 2.00 bits per heavy atom. The SMILES string of the molecule is NNC(c1ccoc1Cl)c1cccc2cccnc12. The van der Waals surface area contributed by atoms with Crippen LogP contribution in [0.4, 0.5) is 0 Å². The van der Waals surface area contributed by atoms with E-state index in [0.29, 0.717) is 5.22 Å². The van der Waals surface area contributed by atoms with Gasteiger partial charge in [-0.2, -0.15) is 0 Å². The van der Waals surface area contributed by atoms with Gasteiger partial charge in [0.2, 0.25) is 0 Å². The molecule has 0 bridgehead atoms. The highest BCUT2D eigenvalue weighted by Gasteiger charge is 2.20. The van der Waals surface area contributed by atoms with E-state index in [-0.39, 0.29) is 6.04 Å². The summed E-state index contributed by atoms with van der Waals surface area (Å²) < 4.78 is 5.13. The van der Waals surface area contributed by atoms with Crippen molar-refractivity contribution in [2.75, 3.05) is 0 Å². The predicted octanol–water partition coefficient (Wildman–Crippen LogP) is 3.03. The molecule has 0 aliphatic carbocycles. The second-order valence-electron chi connectivity index (χ2n) is 4.17. The first-order valence-electron chi connectivity index (χ1n) is 5.84. The minimum Gasteiger partial charge on any atom is -0.453 e. The number of benzene rings is 1. The van der Waals surface area contributed by atoms with Crippen LogP contribution in [0, 0.1) is 0 Å². The van der Waals surface area contributed by atoms with Crippen molar-refractivity contribution in [1.82, 2.24) is 10.4 Å². The van der Waals surface area contributed by atoms with Crippen LogP contribution >= 0.6 is 11.6 Å². The number of aromatic nitrogens is 1. The summed E-state index contributed by atoms with van der Waals surface area (Å²) in [7, 11) is 0. The fourth-order valence-electron chi connectivity index (χ4n) is 2.22. The molecule has 0 fully saturated rings. The Labute approximate surface area is 115 Å².